The average molecular weight is 324 g/mol. The van der Waals surface area contributed by atoms with E-state index in [0.29, 0.717) is 0 Å². The van der Waals surface area contributed by atoms with Gasteiger partial charge in [0.05, 0.1) is 10.7 Å². The summed E-state index contributed by atoms with van der Waals surface area (Å²) in [6.07, 6.45) is 0. The monoisotopic (exact) mass is 324 g/mol. The van der Waals surface area contributed by atoms with Crippen LogP contribution in [0, 0.1) is 3.57 Å². The molecule has 3 aromatic rings. The van der Waals surface area contributed by atoms with Crippen molar-refractivity contribution in [3.8, 4) is 5.75 Å². The molecular weight excluding hydrogens is 315 g/mol. The van der Waals surface area contributed by atoms with Crippen LogP contribution in [-0.2, 0) is 0 Å². The Morgan fingerprint density at radius 2 is 1.88 bits per heavy atom. The zero-order chi connectivity index (χ0) is 11.1. The lowest BCUT2D eigenvalue weighted by atomic mass is 10.1. The van der Waals surface area contributed by atoms with Gasteiger partial charge in [-0.2, -0.15) is 0 Å². The van der Waals surface area contributed by atoms with Crippen LogP contribution in [0.1, 0.15) is 0 Å². The highest BCUT2D eigenvalue weighted by molar-refractivity contribution is 14.1. The first kappa shape index (κ1) is 9.96. The van der Waals surface area contributed by atoms with Crippen LogP contribution in [0.25, 0.3) is 21.9 Å². The molecule has 0 fully saturated rings. The molecule has 0 radical (unpaired) electrons. The number of halogens is 1. The zero-order valence-corrected chi connectivity index (χ0v) is 10.8. The van der Waals surface area contributed by atoms with Crippen molar-refractivity contribution in [1.82, 2.24) is 0 Å². The molecule has 0 N–H and O–H groups in total. The van der Waals surface area contributed by atoms with Gasteiger partial charge in [0.25, 0.3) is 0 Å². The Morgan fingerprint density at radius 3 is 2.69 bits per heavy atom. The lowest BCUT2D eigenvalue weighted by molar-refractivity contribution is 0.412. The molecule has 3 heteroatoms. The second-order valence-electron chi connectivity index (χ2n) is 3.55. The Labute approximate surface area is 106 Å². The van der Waals surface area contributed by atoms with Gasteiger partial charge in [0.15, 0.2) is 0 Å². The highest BCUT2D eigenvalue weighted by atomic mass is 127. The molecule has 0 aliphatic carbocycles. The molecule has 0 bridgehead atoms. The van der Waals surface area contributed by atoms with Gasteiger partial charge in [0, 0.05) is 10.8 Å². The third-order valence-electron chi connectivity index (χ3n) is 2.66. The van der Waals surface area contributed by atoms with Crippen LogP contribution in [0.15, 0.2) is 40.8 Å². The van der Waals surface area contributed by atoms with E-state index in [1.807, 2.05) is 30.3 Å². The van der Waals surface area contributed by atoms with Crippen LogP contribution >= 0.6 is 22.6 Å². The van der Waals surface area contributed by atoms with Crippen molar-refractivity contribution in [3.05, 3.63) is 40.0 Å². The lowest BCUT2D eigenvalue weighted by Crippen LogP contribution is -1.86. The summed E-state index contributed by atoms with van der Waals surface area (Å²) < 4.78 is 12.2. The molecule has 0 aliphatic rings. The van der Waals surface area contributed by atoms with E-state index in [9.17, 15) is 0 Å². The largest absolute Gasteiger partial charge is 0.496 e. The molecule has 16 heavy (non-hydrogen) atoms. The smallest absolute Gasteiger partial charge is 0.136 e. The maximum atomic E-state index is 5.77. The normalized spacial score (nSPS) is 11.1. The third kappa shape index (κ3) is 1.31. The molecule has 0 atom stereocenters. The van der Waals surface area contributed by atoms with Crippen LogP contribution in [0.4, 0.5) is 0 Å². The van der Waals surface area contributed by atoms with Gasteiger partial charge in [-0.25, -0.2) is 0 Å². The summed E-state index contributed by atoms with van der Waals surface area (Å²) in [6, 6.07) is 11.9. The second kappa shape index (κ2) is 3.66. The minimum absolute atomic E-state index is 0.889. The lowest BCUT2D eigenvalue weighted by Gasteiger charge is -2.02. The summed E-state index contributed by atoms with van der Waals surface area (Å²) in [6.45, 7) is 0. The molecular formula is C13H9IO2. The summed E-state index contributed by atoms with van der Waals surface area (Å²) in [5.74, 6) is 0.889. The summed E-state index contributed by atoms with van der Waals surface area (Å²) in [5.41, 5.74) is 1.83. The van der Waals surface area contributed by atoms with Crippen molar-refractivity contribution in [2.75, 3.05) is 7.11 Å². The Hall–Kier alpha value is -1.23. The fourth-order valence-corrected chi connectivity index (χ4v) is 2.87. The minimum atomic E-state index is 0.889. The number of hydrogen-bond donors (Lipinski definition) is 0. The number of benzene rings is 2. The number of para-hydroxylation sites is 1. The number of hydrogen-bond acceptors (Lipinski definition) is 2. The molecule has 0 aliphatic heterocycles. The molecule has 80 valence electrons. The fraction of sp³-hybridized carbons (Fsp3) is 0.0769. The minimum Gasteiger partial charge on any atom is -0.496 e. The molecule has 2 aromatic carbocycles. The van der Waals surface area contributed by atoms with Gasteiger partial charge >= 0.3 is 0 Å². The van der Waals surface area contributed by atoms with Gasteiger partial charge in [-0.15, -0.1) is 0 Å². The van der Waals surface area contributed by atoms with Crippen molar-refractivity contribution >= 4 is 44.5 Å². The number of methoxy groups -OCH3 is 1. The Kier molecular flexibility index (Phi) is 2.28. The van der Waals surface area contributed by atoms with E-state index in [1.54, 1.807) is 7.11 Å². The highest BCUT2D eigenvalue weighted by Crippen LogP contribution is 2.36. The van der Waals surface area contributed by atoms with Crippen molar-refractivity contribution in [2.45, 2.75) is 0 Å². The first-order valence-electron chi connectivity index (χ1n) is 4.95. The van der Waals surface area contributed by atoms with Crippen LogP contribution < -0.4 is 4.74 Å². The summed E-state index contributed by atoms with van der Waals surface area (Å²) >= 11 is 2.30. The number of fused-ring (bicyclic) bond motifs is 3. The van der Waals surface area contributed by atoms with Gasteiger partial charge in [-0.1, -0.05) is 18.2 Å². The topological polar surface area (TPSA) is 22.4 Å². The standard InChI is InChI=1S/C13H9IO2/c1-15-11-7-6-10-12(13(11)14)8-4-2-3-5-9(8)16-10/h2-7H,1H3. The summed E-state index contributed by atoms with van der Waals surface area (Å²) in [5, 5.41) is 2.27. The summed E-state index contributed by atoms with van der Waals surface area (Å²) in [4.78, 5) is 0. The van der Waals surface area contributed by atoms with Crippen LogP contribution in [0.2, 0.25) is 0 Å². The van der Waals surface area contributed by atoms with E-state index in [-0.39, 0.29) is 0 Å². The summed E-state index contributed by atoms with van der Waals surface area (Å²) in [7, 11) is 1.69. The van der Waals surface area contributed by atoms with Crippen LogP contribution in [0.3, 0.4) is 0 Å². The first-order chi connectivity index (χ1) is 7.81. The van der Waals surface area contributed by atoms with Gasteiger partial charge < -0.3 is 9.15 Å². The SMILES string of the molecule is COc1ccc2oc3ccccc3c2c1I. The molecule has 0 amide bonds. The number of ether oxygens (including phenoxy) is 1. The number of furan rings is 1. The van der Waals surface area contributed by atoms with E-state index in [4.69, 9.17) is 9.15 Å². The second-order valence-corrected chi connectivity index (χ2v) is 4.63. The van der Waals surface area contributed by atoms with E-state index in [0.717, 1.165) is 31.3 Å². The van der Waals surface area contributed by atoms with E-state index in [1.165, 1.54) is 0 Å². The maximum absolute atomic E-state index is 5.77. The van der Waals surface area contributed by atoms with Crippen molar-refractivity contribution < 1.29 is 9.15 Å². The number of rotatable bonds is 1. The Balaban J connectivity index is 2.53. The molecule has 2 nitrogen and oxygen atoms in total. The van der Waals surface area contributed by atoms with Crippen molar-refractivity contribution in [1.29, 1.82) is 0 Å². The molecule has 0 saturated heterocycles. The molecule has 1 aromatic heterocycles. The van der Waals surface area contributed by atoms with Crippen LogP contribution in [0.5, 0.6) is 5.75 Å². The van der Waals surface area contributed by atoms with Gasteiger partial charge in [-0.05, 0) is 40.8 Å². The van der Waals surface area contributed by atoms with Crippen molar-refractivity contribution in [3.63, 3.8) is 0 Å². The third-order valence-corrected chi connectivity index (χ3v) is 3.74. The molecule has 3 rings (SSSR count). The van der Waals surface area contributed by atoms with Gasteiger partial charge in [0.1, 0.15) is 16.9 Å². The van der Waals surface area contributed by atoms with E-state index in [2.05, 4.69) is 28.7 Å². The fourth-order valence-electron chi connectivity index (χ4n) is 1.91. The molecule has 0 unspecified atom stereocenters. The van der Waals surface area contributed by atoms with Gasteiger partial charge in [0.2, 0.25) is 0 Å². The van der Waals surface area contributed by atoms with Gasteiger partial charge in [-0.3, -0.25) is 0 Å². The first-order valence-corrected chi connectivity index (χ1v) is 6.03. The predicted molar refractivity (Wildman–Crippen MR) is 73.0 cm³/mol. The quantitative estimate of drug-likeness (QED) is 0.626. The molecule has 0 saturated carbocycles. The van der Waals surface area contributed by atoms with E-state index >= 15 is 0 Å². The molecule has 1 heterocycles. The predicted octanol–water partition coefficient (Wildman–Crippen LogP) is 4.20. The highest BCUT2D eigenvalue weighted by Gasteiger charge is 2.12. The average Bonchev–Trinajstić information content (AvgIpc) is 2.68. The Morgan fingerprint density at radius 1 is 1.06 bits per heavy atom. The Bertz CT molecular complexity index is 670. The molecule has 0 spiro atoms. The van der Waals surface area contributed by atoms with E-state index < -0.39 is 0 Å². The van der Waals surface area contributed by atoms with Crippen molar-refractivity contribution in [2.24, 2.45) is 0 Å². The van der Waals surface area contributed by atoms with Crippen LogP contribution in [-0.4, -0.2) is 7.11 Å². The zero-order valence-electron chi connectivity index (χ0n) is 8.66. The maximum Gasteiger partial charge on any atom is 0.136 e.